The van der Waals surface area contributed by atoms with Gasteiger partial charge in [0, 0.05) is 12.0 Å². The predicted octanol–water partition coefficient (Wildman–Crippen LogP) is 1.62. The van der Waals surface area contributed by atoms with Crippen molar-refractivity contribution in [1.29, 1.82) is 0 Å². The molecule has 2 fully saturated rings. The van der Waals surface area contributed by atoms with Gasteiger partial charge in [-0.05, 0) is 0 Å². The molecule has 2 amide bonds. The molecule has 0 aliphatic carbocycles. The van der Waals surface area contributed by atoms with Gasteiger partial charge in [0.15, 0.2) is 11.0 Å². The third-order valence-corrected chi connectivity index (χ3v) is 4.95. The average Bonchev–Trinajstić information content (AvgIpc) is 3.12. The Morgan fingerprint density at radius 2 is 1.96 bits per heavy atom. The van der Waals surface area contributed by atoms with Gasteiger partial charge in [0.1, 0.15) is 5.84 Å². The van der Waals surface area contributed by atoms with Crippen LogP contribution in [0.25, 0.3) is 0 Å². The zero-order chi connectivity index (χ0) is 16.2. The number of hydrogen-bond donors (Lipinski definition) is 2. The maximum Gasteiger partial charge on any atom is 0.284 e. The van der Waals surface area contributed by atoms with Gasteiger partial charge in [-0.15, -0.1) is 10.2 Å². The van der Waals surface area contributed by atoms with Crippen LogP contribution in [0.15, 0.2) is 40.5 Å². The molecule has 0 unspecified atom stereocenters. The number of benzene rings is 1. The minimum atomic E-state index is -0.519. The van der Waals surface area contributed by atoms with E-state index in [9.17, 15) is 14.4 Å². The van der Waals surface area contributed by atoms with E-state index in [0.717, 1.165) is 11.8 Å². The molecule has 1 atom stereocenters. The van der Waals surface area contributed by atoms with Crippen LogP contribution >= 0.6 is 23.5 Å². The average molecular weight is 348 g/mol. The molecule has 3 rings (SSSR count). The summed E-state index contributed by atoms with van der Waals surface area (Å²) in [5.74, 6) is 0.531. The normalized spacial score (nSPS) is 24.1. The van der Waals surface area contributed by atoms with Gasteiger partial charge < -0.3 is 10.6 Å². The number of hydrogen-bond acceptors (Lipinski definition) is 7. The van der Waals surface area contributed by atoms with Gasteiger partial charge in [-0.3, -0.25) is 14.4 Å². The molecule has 2 aliphatic heterocycles. The van der Waals surface area contributed by atoms with Crippen molar-refractivity contribution in [3.05, 3.63) is 35.9 Å². The number of nitrogens with zero attached hydrogens (tertiary/aromatic N) is 2. The number of amidine groups is 2. The van der Waals surface area contributed by atoms with E-state index >= 15 is 0 Å². The van der Waals surface area contributed by atoms with E-state index in [1.807, 2.05) is 6.07 Å². The van der Waals surface area contributed by atoms with E-state index in [1.165, 1.54) is 11.8 Å². The Balaban J connectivity index is 1.61. The summed E-state index contributed by atoms with van der Waals surface area (Å²) < 4.78 is 0. The first-order chi connectivity index (χ1) is 11.1. The van der Waals surface area contributed by atoms with Crippen molar-refractivity contribution < 1.29 is 14.4 Å². The summed E-state index contributed by atoms with van der Waals surface area (Å²) in [5.41, 5.74) is 0.581. The number of carbonyl (C=O) groups excluding carboxylic acids is 3. The second-order valence-electron chi connectivity index (χ2n) is 4.74. The van der Waals surface area contributed by atoms with E-state index in [2.05, 4.69) is 20.8 Å². The molecular formula is C14H12N4O3S2. The van der Waals surface area contributed by atoms with E-state index in [-0.39, 0.29) is 23.4 Å². The van der Waals surface area contributed by atoms with E-state index in [0.29, 0.717) is 22.3 Å². The highest BCUT2D eigenvalue weighted by Crippen LogP contribution is 2.24. The Labute approximate surface area is 140 Å². The molecule has 2 N–H and O–H groups in total. The van der Waals surface area contributed by atoms with E-state index < -0.39 is 5.25 Å². The Bertz CT molecular complexity index is 718. The number of ketones is 1. The van der Waals surface area contributed by atoms with Crippen LogP contribution in [0.5, 0.6) is 0 Å². The minimum absolute atomic E-state index is 0.0923. The molecule has 1 aromatic rings. The van der Waals surface area contributed by atoms with Crippen LogP contribution in [0.4, 0.5) is 4.79 Å². The van der Waals surface area contributed by atoms with Crippen LogP contribution in [-0.4, -0.2) is 38.9 Å². The molecule has 1 aromatic carbocycles. The maximum absolute atomic E-state index is 12.1. The molecule has 0 aromatic heterocycles. The Morgan fingerprint density at radius 1 is 1.17 bits per heavy atom. The van der Waals surface area contributed by atoms with E-state index in [4.69, 9.17) is 0 Å². The lowest BCUT2D eigenvalue weighted by molar-refractivity contribution is -0.118. The largest absolute Gasteiger partial charge is 0.303 e. The fourth-order valence-electron chi connectivity index (χ4n) is 1.98. The monoisotopic (exact) mass is 348 g/mol. The summed E-state index contributed by atoms with van der Waals surface area (Å²) >= 11 is 2.27. The first-order valence-corrected chi connectivity index (χ1v) is 8.62. The highest BCUT2D eigenvalue weighted by atomic mass is 32.2. The van der Waals surface area contributed by atoms with Crippen molar-refractivity contribution >= 4 is 51.5 Å². The van der Waals surface area contributed by atoms with Gasteiger partial charge in [0.2, 0.25) is 5.91 Å². The zero-order valence-electron chi connectivity index (χ0n) is 11.8. The first kappa shape index (κ1) is 15.8. The van der Waals surface area contributed by atoms with Crippen LogP contribution < -0.4 is 10.6 Å². The van der Waals surface area contributed by atoms with Gasteiger partial charge in [0.05, 0.1) is 11.0 Å². The third-order valence-electron chi connectivity index (χ3n) is 3.09. The van der Waals surface area contributed by atoms with Crippen molar-refractivity contribution in [3.63, 3.8) is 0 Å². The smallest absolute Gasteiger partial charge is 0.284 e. The van der Waals surface area contributed by atoms with Crippen molar-refractivity contribution in [1.82, 2.24) is 10.6 Å². The number of rotatable bonds is 4. The van der Waals surface area contributed by atoms with Crippen molar-refractivity contribution in [2.75, 3.05) is 5.75 Å². The fourth-order valence-corrected chi connectivity index (χ4v) is 3.49. The molecule has 2 aliphatic rings. The van der Waals surface area contributed by atoms with Gasteiger partial charge in [-0.1, -0.05) is 53.9 Å². The number of thioether (sulfide) groups is 2. The van der Waals surface area contributed by atoms with Crippen LogP contribution in [-0.2, 0) is 4.79 Å². The molecule has 2 heterocycles. The molecule has 2 saturated heterocycles. The molecule has 0 saturated carbocycles. The molecular weight excluding hydrogens is 336 g/mol. The summed E-state index contributed by atoms with van der Waals surface area (Å²) in [5, 5.41) is 12.6. The molecule has 9 heteroatoms. The van der Waals surface area contributed by atoms with Crippen molar-refractivity contribution in [2.24, 2.45) is 10.2 Å². The molecule has 0 spiro atoms. The SMILES string of the molecule is O=C1N/C(=N\N=C2\NC(=O)[C@@H](CC(=O)c3ccccc3)S2)CS1. The lowest BCUT2D eigenvalue weighted by Crippen LogP contribution is -2.26. The van der Waals surface area contributed by atoms with Gasteiger partial charge in [-0.2, -0.15) is 0 Å². The Kier molecular flexibility index (Phi) is 4.77. The fraction of sp³-hybridized carbons (Fsp3) is 0.214. The number of carbonyl (C=O) groups is 3. The lowest BCUT2D eigenvalue weighted by atomic mass is 10.1. The second kappa shape index (κ2) is 6.97. The first-order valence-electron chi connectivity index (χ1n) is 6.76. The number of nitrogens with one attached hydrogen (secondary N) is 2. The summed E-state index contributed by atoms with van der Waals surface area (Å²) in [6.07, 6.45) is 0.0999. The van der Waals surface area contributed by atoms with Crippen molar-refractivity contribution in [2.45, 2.75) is 11.7 Å². The molecule has 23 heavy (non-hydrogen) atoms. The summed E-state index contributed by atoms with van der Waals surface area (Å²) in [4.78, 5) is 35.1. The molecule has 0 radical (unpaired) electrons. The lowest BCUT2D eigenvalue weighted by Gasteiger charge is -2.04. The summed E-state index contributed by atoms with van der Waals surface area (Å²) in [7, 11) is 0. The second-order valence-corrected chi connectivity index (χ2v) is 6.88. The molecule has 0 bridgehead atoms. The van der Waals surface area contributed by atoms with Crippen LogP contribution in [0.3, 0.4) is 0 Å². The highest BCUT2D eigenvalue weighted by molar-refractivity contribution is 8.15. The topological polar surface area (TPSA) is 100.0 Å². The minimum Gasteiger partial charge on any atom is -0.303 e. The Morgan fingerprint density at radius 3 is 2.65 bits per heavy atom. The zero-order valence-corrected chi connectivity index (χ0v) is 13.4. The summed E-state index contributed by atoms with van der Waals surface area (Å²) in [6.45, 7) is 0. The van der Waals surface area contributed by atoms with Gasteiger partial charge in [0.25, 0.3) is 5.24 Å². The summed E-state index contributed by atoms with van der Waals surface area (Å²) in [6, 6.07) is 8.85. The number of Topliss-reactive ketones (excluding diaryl/α,β-unsaturated/α-hetero) is 1. The van der Waals surface area contributed by atoms with Crippen LogP contribution in [0.1, 0.15) is 16.8 Å². The standard InChI is InChI=1S/C14H12N4O3S2/c19-9(8-4-2-1-3-5-8)6-10-12(20)16-13(23-10)18-17-11-7-22-14(21)15-11/h1-5,10H,6-7H2,(H,15,17,21)(H,16,18,20)/t10-/m1/s1. The molecule has 118 valence electrons. The number of amides is 2. The van der Waals surface area contributed by atoms with Gasteiger partial charge >= 0.3 is 0 Å². The van der Waals surface area contributed by atoms with Gasteiger partial charge in [-0.25, -0.2) is 0 Å². The predicted molar refractivity (Wildman–Crippen MR) is 90.8 cm³/mol. The quantitative estimate of drug-likeness (QED) is 0.636. The van der Waals surface area contributed by atoms with E-state index in [1.54, 1.807) is 24.3 Å². The molecule has 7 nitrogen and oxygen atoms in total. The van der Waals surface area contributed by atoms with Crippen LogP contribution in [0, 0.1) is 0 Å². The maximum atomic E-state index is 12.1. The van der Waals surface area contributed by atoms with Crippen molar-refractivity contribution in [3.8, 4) is 0 Å². The van der Waals surface area contributed by atoms with Crippen LogP contribution in [0.2, 0.25) is 0 Å². The third kappa shape index (κ3) is 3.99. The highest BCUT2D eigenvalue weighted by Gasteiger charge is 2.32. The Hall–Kier alpha value is -2.13.